The molecule has 7 heteroatoms. The summed E-state index contributed by atoms with van der Waals surface area (Å²) in [5, 5.41) is 5.09. The zero-order chi connectivity index (χ0) is 13.2. The number of fused-ring (bicyclic) bond motifs is 1. The summed E-state index contributed by atoms with van der Waals surface area (Å²) >= 11 is 3.11. The number of carbonyl (C=O) groups excluding carboxylic acids is 1. The van der Waals surface area contributed by atoms with Crippen LogP contribution in [0.4, 0.5) is 0 Å². The zero-order valence-corrected chi connectivity index (χ0v) is 12.1. The van der Waals surface area contributed by atoms with Gasteiger partial charge < -0.3 is 10.2 Å². The molecule has 1 unspecified atom stereocenters. The summed E-state index contributed by atoms with van der Waals surface area (Å²) in [5.74, 6) is 0.110. The van der Waals surface area contributed by atoms with Gasteiger partial charge in [0.2, 0.25) is 5.91 Å². The molecule has 1 atom stereocenters. The van der Waals surface area contributed by atoms with Crippen LogP contribution < -0.4 is 5.32 Å². The minimum absolute atomic E-state index is 0.110. The topological polar surface area (TPSA) is 58.1 Å². The zero-order valence-electron chi connectivity index (χ0n) is 10.5. The molecular formula is C12H14N4OS2. The monoisotopic (exact) mass is 294 g/mol. The van der Waals surface area contributed by atoms with Gasteiger partial charge in [-0.15, -0.1) is 22.7 Å². The number of aromatic nitrogens is 2. The van der Waals surface area contributed by atoms with Crippen molar-refractivity contribution in [3.8, 4) is 0 Å². The third-order valence-corrected chi connectivity index (χ3v) is 4.81. The lowest BCUT2D eigenvalue weighted by Gasteiger charge is -2.23. The van der Waals surface area contributed by atoms with Crippen LogP contribution in [0.3, 0.4) is 0 Å². The Balaban J connectivity index is 1.85. The molecule has 3 rings (SSSR count). The first kappa shape index (κ1) is 12.7. The smallest absolute Gasteiger partial charge is 0.245 e. The number of nitrogens with zero attached hydrogens (tertiary/aromatic N) is 3. The van der Waals surface area contributed by atoms with Crippen LogP contribution >= 0.6 is 22.7 Å². The van der Waals surface area contributed by atoms with E-state index in [-0.39, 0.29) is 11.9 Å². The van der Waals surface area contributed by atoms with Crippen LogP contribution in [0.1, 0.15) is 22.3 Å². The Morgan fingerprint density at radius 1 is 1.47 bits per heavy atom. The molecule has 5 nitrogen and oxygen atoms in total. The molecule has 2 aromatic heterocycles. The molecule has 1 amide bonds. The standard InChI is InChI=1S/C12H14N4OS2/c1-13-10-11-9(15-7-19-11)2-3-16(12(10)17)4-8-5-18-6-14-8/h5-7,10,13H,2-4H2,1H3. The second-order valence-corrected chi connectivity index (χ2v) is 5.98. The van der Waals surface area contributed by atoms with Gasteiger partial charge in [0.15, 0.2) is 0 Å². The molecule has 3 heterocycles. The quantitative estimate of drug-likeness (QED) is 0.931. The van der Waals surface area contributed by atoms with Crippen molar-refractivity contribution in [3.63, 3.8) is 0 Å². The van der Waals surface area contributed by atoms with Crippen molar-refractivity contribution >= 4 is 28.6 Å². The van der Waals surface area contributed by atoms with Crippen molar-refractivity contribution < 1.29 is 4.79 Å². The van der Waals surface area contributed by atoms with Crippen LogP contribution in [-0.2, 0) is 17.8 Å². The van der Waals surface area contributed by atoms with Crippen LogP contribution in [0.25, 0.3) is 0 Å². The van der Waals surface area contributed by atoms with Crippen molar-refractivity contribution in [2.45, 2.75) is 19.0 Å². The van der Waals surface area contributed by atoms with E-state index >= 15 is 0 Å². The SMILES string of the molecule is CNC1C(=O)N(Cc2cscn2)CCc2ncsc21. The van der Waals surface area contributed by atoms with Gasteiger partial charge in [-0.05, 0) is 7.05 Å². The predicted octanol–water partition coefficient (Wildman–Crippen LogP) is 1.44. The number of rotatable bonds is 3. The van der Waals surface area contributed by atoms with Crippen LogP contribution in [0.15, 0.2) is 16.4 Å². The summed E-state index contributed by atoms with van der Waals surface area (Å²) in [4.78, 5) is 24.1. The summed E-state index contributed by atoms with van der Waals surface area (Å²) in [6, 6.07) is -0.274. The van der Waals surface area contributed by atoms with E-state index in [1.807, 2.05) is 22.8 Å². The van der Waals surface area contributed by atoms with Gasteiger partial charge in [-0.3, -0.25) is 4.79 Å². The maximum absolute atomic E-state index is 12.6. The average molecular weight is 294 g/mol. The maximum Gasteiger partial charge on any atom is 0.245 e. The van der Waals surface area contributed by atoms with Crippen LogP contribution in [-0.4, -0.2) is 34.4 Å². The van der Waals surface area contributed by atoms with Gasteiger partial charge in [-0.1, -0.05) is 0 Å². The second kappa shape index (κ2) is 5.36. The number of likely N-dealkylation sites (N-methyl/N-ethyl adjacent to an activating group) is 1. The normalized spacial score (nSPS) is 19.3. The Bertz CT molecular complexity index is 566. The average Bonchev–Trinajstić information content (AvgIpc) is 3.04. The minimum Gasteiger partial charge on any atom is -0.335 e. The number of carbonyl (C=O) groups is 1. The highest BCUT2D eigenvalue weighted by atomic mass is 32.1. The molecular weight excluding hydrogens is 280 g/mol. The van der Waals surface area contributed by atoms with Crippen molar-refractivity contribution in [2.24, 2.45) is 0 Å². The molecule has 0 aromatic carbocycles. The molecule has 2 aromatic rings. The van der Waals surface area contributed by atoms with Crippen molar-refractivity contribution in [2.75, 3.05) is 13.6 Å². The van der Waals surface area contributed by atoms with E-state index in [1.165, 1.54) is 0 Å². The van der Waals surface area contributed by atoms with E-state index in [0.717, 1.165) is 22.7 Å². The molecule has 0 fully saturated rings. The Hall–Kier alpha value is -1.31. The summed E-state index contributed by atoms with van der Waals surface area (Å²) in [7, 11) is 1.82. The number of amides is 1. The van der Waals surface area contributed by atoms with E-state index in [4.69, 9.17) is 0 Å². The first-order valence-corrected chi connectivity index (χ1v) is 7.87. The molecule has 1 N–H and O–H groups in total. The fourth-order valence-electron chi connectivity index (χ4n) is 2.27. The lowest BCUT2D eigenvalue weighted by Crippen LogP contribution is -2.38. The maximum atomic E-state index is 12.6. The fraction of sp³-hybridized carbons (Fsp3) is 0.417. The molecule has 0 saturated heterocycles. The lowest BCUT2D eigenvalue weighted by atomic mass is 10.2. The predicted molar refractivity (Wildman–Crippen MR) is 75.1 cm³/mol. The Morgan fingerprint density at radius 3 is 3.11 bits per heavy atom. The van der Waals surface area contributed by atoms with Crippen molar-refractivity contribution in [1.82, 2.24) is 20.2 Å². The van der Waals surface area contributed by atoms with Crippen molar-refractivity contribution in [1.29, 1.82) is 0 Å². The summed E-state index contributed by atoms with van der Waals surface area (Å²) in [6.07, 6.45) is 0.812. The lowest BCUT2D eigenvalue weighted by molar-refractivity contribution is -0.133. The van der Waals surface area contributed by atoms with Gasteiger partial charge in [0.1, 0.15) is 6.04 Å². The first-order chi connectivity index (χ1) is 9.29. The van der Waals surface area contributed by atoms with E-state index < -0.39 is 0 Å². The van der Waals surface area contributed by atoms with Crippen molar-refractivity contribution in [3.05, 3.63) is 32.7 Å². The number of hydrogen-bond donors (Lipinski definition) is 1. The molecule has 0 radical (unpaired) electrons. The van der Waals surface area contributed by atoms with E-state index in [2.05, 4.69) is 15.3 Å². The third-order valence-electron chi connectivity index (χ3n) is 3.24. The highest BCUT2D eigenvalue weighted by Crippen LogP contribution is 2.28. The highest BCUT2D eigenvalue weighted by Gasteiger charge is 2.31. The second-order valence-electron chi connectivity index (χ2n) is 4.37. The molecule has 0 bridgehead atoms. The van der Waals surface area contributed by atoms with E-state index in [0.29, 0.717) is 13.1 Å². The fourth-order valence-corrected chi connectivity index (χ4v) is 3.76. The van der Waals surface area contributed by atoms with E-state index in [1.54, 1.807) is 28.2 Å². The number of thiazole rings is 2. The molecule has 1 aliphatic heterocycles. The summed E-state index contributed by atoms with van der Waals surface area (Å²) in [5.41, 5.74) is 5.61. The Morgan fingerprint density at radius 2 is 2.37 bits per heavy atom. The molecule has 1 aliphatic rings. The molecule has 0 saturated carbocycles. The highest BCUT2D eigenvalue weighted by molar-refractivity contribution is 7.10. The van der Waals surface area contributed by atoms with Gasteiger partial charge in [0.05, 0.1) is 33.8 Å². The van der Waals surface area contributed by atoms with Gasteiger partial charge >= 0.3 is 0 Å². The van der Waals surface area contributed by atoms with Crippen LogP contribution in [0.2, 0.25) is 0 Å². The summed E-state index contributed by atoms with van der Waals surface area (Å²) < 4.78 is 0. The number of nitrogens with one attached hydrogen (secondary N) is 1. The van der Waals surface area contributed by atoms with Crippen LogP contribution in [0.5, 0.6) is 0 Å². The molecule has 0 aliphatic carbocycles. The Labute approximate surface area is 119 Å². The third kappa shape index (κ3) is 2.41. The largest absolute Gasteiger partial charge is 0.335 e. The minimum atomic E-state index is -0.274. The summed E-state index contributed by atoms with van der Waals surface area (Å²) in [6.45, 7) is 1.28. The Kier molecular flexibility index (Phi) is 3.58. The van der Waals surface area contributed by atoms with Crippen LogP contribution in [0, 0.1) is 0 Å². The molecule has 19 heavy (non-hydrogen) atoms. The first-order valence-electron chi connectivity index (χ1n) is 6.05. The molecule has 100 valence electrons. The van der Waals surface area contributed by atoms with Gasteiger partial charge in [-0.25, -0.2) is 9.97 Å². The van der Waals surface area contributed by atoms with Gasteiger partial charge in [0, 0.05) is 18.3 Å². The number of hydrogen-bond acceptors (Lipinski definition) is 6. The molecule has 0 spiro atoms. The van der Waals surface area contributed by atoms with Gasteiger partial charge in [-0.2, -0.15) is 0 Å². The van der Waals surface area contributed by atoms with E-state index in [9.17, 15) is 4.79 Å². The van der Waals surface area contributed by atoms with Gasteiger partial charge in [0.25, 0.3) is 0 Å².